The molecule has 2 aromatic carbocycles. The molecule has 0 saturated carbocycles. The van der Waals surface area contributed by atoms with Crippen LogP contribution in [0, 0.1) is 0 Å². The number of carbonyl (C=O) groups excluding carboxylic acids is 1. The number of ether oxygens (including phenoxy) is 2. The van der Waals surface area contributed by atoms with Crippen molar-refractivity contribution < 1.29 is 14.3 Å². The SMILES string of the molecule is COc1ccccc1C=CCN1CCC(=O)N(CCOc2ccccc2)CC1. The highest BCUT2D eigenvalue weighted by atomic mass is 16.5. The molecule has 5 nitrogen and oxygen atoms in total. The molecule has 0 radical (unpaired) electrons. The molecule has 0 spiro atoms. The first-order valence-electron chi connectivity index (χ1n) is 9.74. The van der Waals surface area contributed by atoms with E-state index in [0.717, 1.165) is 43.2 Å². The van der Waals surface area contributed by atoms with Gasteiger partial charge in [0.1, 0.15) is 18.1 Å². The quantitative estimate of drug-likeness (QED) is 0.705. The lowest BCUT2D eigenvalue weighted by atomic mass is 10.2. The Balaban J connectivity index is 1.45. The maximum atomic E-state index is 12.4. The Morgan fingerprint density at radius 1 is 1.00 bits per heavy atom. The molecule has 28 heavy (non-hydrogen) atoms. The van der Waals surface area contributed by atoms with Crippen LogP contribution < -0.4 is 9.47 Å². The lowest BCUT2D eigenvalue weighted by Gasteiger charge is -2.21. The first kappa shape index (κ1) is 20.0. The van der Waals surface area contributed by atoms with Gasteiger partial charge >= 0.3 is 0 Å². The maximum absolute atomic E-state index is 12.4. The first-order valence-corrected chi connectivity index (χ1v) is 9.74. The summed E-state index contributed by atoms with van der Waals surface area (Å²) in [7, 11) is 1.68. The zero-order valence-corrected chi connectivity index (χ0v) is 16.4. The summed E-state index contributed by atoms with van der Waals surface area (Å²) in [5.74, 6) is 1.91. The third-order valence-corrected chi connectivity index (χ3v) is 4.85. The van der Waals surface area contributed by atoms with Crippen molar-refractivity contribution in [2.24, 2.45) is 0 Å². The lowest BCUT2D eigenvalue weighted by Crippen LogP contribution is -2.36. The van der Waals surface area contributed by atoms with Crippen molar-refractivity contribution >= 4 is 12.0 Å². The van der Waals surface area contributed by atoms with Gasteiger partial charge in [-0.15, -0.1) is 0 Å². The minimum atomic E-state index is 0.202. The number of amides is 1. The van der Waals surface area contributed by atoms with Crippen LogP contribution in [0.1, 0.15) is 12.0 Å². The van der Waals surface area contributed by atoms with Gasteiger partial charge in [0.2, 0.25) is 5.91 Å². The van der Waals surface area contributed by atoms with Gasteiger partial charge in [-0.3, -0.25) is 9.69 Å². The van der Waals surface area contributed by atoms with Crippen LogP contribution in [0.4, 0.5) is 0 Å². The molecule has 0 unspecified atom stereocenters. The van der Waals surface area contributed by atoms with Gasteiger partial charge in [-0.2, -0.15) is 0 Å². The van der Waals surface area contributed by atoms with Gasteiger partial charge in [0.25, 0.3) is 0 Å². The Hall–Kier alpha value is -2.79. The highest BCUT2D eigenvalue weighted by molar-refractivity contribution is 5.76. The molecule has 1 heterocycles. The lowest BCUT2D eigenvalue weighted by molar-refractivity contribution is -0.130. The maximum Gasteiger partial charge on any atom is 0.224 e. The highest BCUT2D eigenvalue weighted by Crippen LogP contribution is 2.18. The first-order chi connectivity index (χ1) is 13.8. The number of methoxy groups -OCH3 is 1. The number of nitrogens with zero attached hydrogens (tertiary/aromatic N) is 2. The van der Waals surface area contributed by atoms with Crippen LogP contribution in [0.25, 0.3) is 6.08 Å². The van der Waals surface area contributed by atoms with Gasteiger partial charge in [-0.25, -0.2) is 0 Å². The molecule has 1 fully saturated rings. The molecule has 0 aromatic heterocycles. The molecule has 0 N–H and O–H groups in total. The predicted octanol–water partition coefficient (Wildman–Crippen LogP) is 3.32. The second kappa shape index (κ2) is 10.5. The third-order valence-electron chi connectivity index (χ3n) is 4.85. The van der Waals surface area contributed by atoms with E-state index in [4.69, 9.17) is 9.47 Å². The summed E-state index contributed by atoms with van der Waals surface area (Å²) < 4.78 is 11.1. The number of rotatable bonds is 8. The second-order valence-corrected chi connectivity index (χ2v) is 6.74. The van der Waals surface area contributed by atoms with Crippen LogP contribution in [-0.2, 0) is 4.79 Å². The van der Waals surface area contributed by atoms with E-state index in [1.165, 1.54) is 0 Å². The average Bonchev–Trinajstić information content (AvgIpc) is 2.91. The highest BCUT2D eigenvalue weighted by Gasteiger charge is 2.20. The fourth-order valence-electron chi connectivity index (χ4n) is 3.25. The van der Waals surface area contributed by atoms with Crippen molar-refractivity contribution in [3.63, 3.8) is 0 Å². The van der Waals surface area contributed by atoms with Crippen LogP contribution in [-0.4, -0.2) is 62.1 Å². The molecule has 1 aliphatic heterocycles. The predicted molar refractivity (Wildman–Crippen MR) is 112 cm³/mol. The summed E-state index contributed by atoms with van der Waals surface area (Å²) in [6.45, 7) is 4.35. The number of hydrogen-bond acceptors (Lipinski definition) is 4. The fraction of sp³-hybridized carbons (Fsp3) is 0.348. The Morgan fingerprint density at radius 2 is 1.79 bits per heavy atom. The monoisotopic (exact) mass is 380 g/mol. The number of carbonyl (C=O) groups is 1. The van der Waals surface area contributed by atoms with E-state index in [1.54, 1.807) is 7.11 Å². The van der Waals surface area contributed by atoms with Gasteiger partial charge in [-0.05, 0) is 18.2 Å². The van der Waals surface area contributed by atoms with Crippen molar-refractivity contribution in [3.05, 3.63) is 66.2 Å². The minimum Gasteiger partial charge on any atom is -0.496 e. The van der Waals surface area contributed by atoms with Gasteiger partial charge in [0.15, 0.2) is 0 Å². The van der Waals surface area contributed by atoms with E-state index in [2.05, 4.69) is 17.1 Å². The zero-order valence-electron chi connectivity index (χ0n) is 16.4. The third kappa shape index (κ3) is 5.86. The van der Waals surface area contributed by atoms with Crippen LogP contribution in [0.3, 0.4) is 0 Å². The summed E-state index contributed by atoms with van der Waals surface area (Å²) in [5.41, 5.74) is 1.07. The van der Waals surface area contributed by atoms with Gasteiger partial charge in [0, 0.05) is 38.2 Å². The smallest absolute Gasteiger partial charge is 0.224 e. The number of benzene rings is 2. The molecule has 1 aliphatic rings. The van der Waals surface area contributed by atoms with E-state index >= 15 is 0 Å². The molecular weight excluding hydrogens is 352 g/mol. The number of hydrogen-bond donors (Lipinski definition) is 0. The zero-order chi connectivity index (χ0) is 19.6. The van der Waals surface area contributed by atoms with Crippen molar-refractivity contribution in [3.8, 4) is 11.5 Å². The topological polar surface area (TPSA) is 42.0 Å². The second-order valence-electron chi connectivity index (χ2n) is 6.74. The van der Waals surface area contributed by atoms with Crippen molar-refractivity contribution in [2.45, 2.75) is 6.42 Å². The summed E-state index contributed by atoms with van der Waals surface area (Å²) >= 11 is 0. The molecule has 0 aliphatic carbocycles. The average molecular weight is 380 g/mol. The van der Waals surface area contributed by atoms with Gasteiger partial charge in [0.05, 0.1) is 13.7 Å². The molecule has 0 atom stereocenters. The molecule has 3 rings (SSSR count). The van der Waals surface area contributed by atoms with Crippen LogP contribution in [0.5, 0.6) is 11.5 Å². The Kier molecular flexibility index (Phi) is 7.50. The molecule has 0 bridgehead atoms. The standard InChI is InChI=1S/C23H28N2O3/c1-27-22-12-6-5-8-20(22)9-7-14-24-15-13-23(26)25(17-16-24)18-19-28-21-10-3-2-4-11-21/h2-12H,13-19H2,1H3. The summed E-state index contributed by atoms with van der Waals surface area (Å²) in [4.78, 5) is 16.6. The van der Waals surface area contributed by atoms with Crippen molar-refractivity contribution in [1.29, 1.82) is 0 Å². The van der Waals surface area contributed by atoms with Crippen molar-refractivity contribution in [1.82, 2.24) is 9.80 Å². The molecule has 2 aromatic rings. The van der Waals surface area contributed by atoms with Gasteiger partial charge in [-0.1, -0.05) is 48.6 Å². The van der Waals surface area contributed by atoms with Crippen LogP contribution in [0.2, 0.25) is 0 Å². The number of para-hydroxylation sites is 2. The minimum absolute atomic E-state index is 0.202. The van der Waals surface area contributed by atoms with Crippen LogP contribution >= 0.6 is 0 Å². The fourth-order valence-corrected chi connectivity index (χ4v) is 3.25. The van der Waals surface area contributed by atoms with Crippen LogP contribution in [0.15, 0.2) is 60.7 Å². The van der Waals surface area contributed by atoms with E-state index in [1.807, 2.05) is 59.5 Å². The Morgan fingerprint density at radius 3 is 2.61 bits per heavy atom. The van der Waals surface area contributed by atoms with Gasteiger partial charge < -0.3 is 14.4 Å². The molecule has 5 heteroatoms. The molecule has 148 valence electrons. The molecule has 1 saturated heterocycles. The van der Waals surface area contributed by atoms with E-state index in [-0.39, 0.29) is 5.91 Å². The molecular formula is C23H28N2O3. The van der Waals surface area contributed by atoms with E-state index in [9.17, 15) is 4.79 Å². The van der Waals surface area contributed by atoms with E-state index in [0.29, 0.717) is 19.6 Å². The normalized spacial score (nSPS) is 15.6. The Labute approximate surface area is 167 Å². The summed E-state index contributed by atoms with van der Waals surface area (Å²) in [6, 6.07) is 17.7. The van der Waals surface area contributed by atoms with E-state index < -0.39 is 0 Å². The summed E-state index contributed by atoms with van der Waals surface area (Å²) in [6.07, 6.45) is 4.77. The van der Waals surface area contributed by atoms with Crippen molar-refractivity contribution in [2.75, 3.05) is 46.4 Å². The molecule has 1 amide bonds. The Bertz CT molecular complexity index is 776. The summed E-state index contributed by atoms with van der Waals surface area (Å²) in [5, 5.41) is 0. The largest absolute Gasteiger partial charge is 0.496 e.